The first-order chi connectivity index (χ1) is 8.14. The minimum Gasteiger partial charge on any atom is -0.396 e. The molecule has 2 nitrogen and oxygen atoms in total. The van der Waals surface area contributed by atoms with Crippen LogP contribution < -0.4 is 0 Å². The number of hydrogen-bond donors (Lipinski definition) is 1. The number of rotatable bonds is 4. The Morgan fingerprint density at radius 2 is 2.00 bits per heavy atom. The van der Waals surface area contributed by atoms with E-state index >= 15 is 0 Å². The third-order valence-electron chi connectivity index (χ3n) is 4.30. The van der Waals surface area contributed by atoms with Gasteiger partial charge in [-0.2, -0.15) is 0 Å². The Morgan fingerprint density at radius 3 is 2.59 bits per heavy atom. The summed E-state index contributed by atoms with van der Waals surface area (Å²) in [4.78, 5) is 2.51. The molecule has 0 aliphatic carbocycles. The fourth-order valence-electron chi connectivity index (χ4n) is 2.83. The third-order valence-corrected chi connectivity index (χ3v) is 4.30. The summed E-state index contributed by atoms with van der Waals surface area (Å²) >= 11 is 0. The van der Waals surface area contributed by atoms with E-state index in [0.29, 0.717) is 12.5 Å². The van der Waals surface area contributed by atoms with E-state index in [2.05, 4.69) is 49.1 Å². The van der Waals surface area contributed by atoms with Gasteiger partial charge in [0.1, 0.15) is 0 Å². The van der Waals surface area contributed by atoms with Crippen molar-refractivity contribution >= 4 is 0 Å². The van der Waals surface area contributed by atoms with Crippen LogP contribution in [-0.2, 0) is 6.42 Å². The van der Waals surface area contributed by atoms with Crippen molar-refractivity contribution in [2.75, 3.05) is 19.7 Å². The summed E-state index contributed by atoms with van der Waals surface area (Å²) in [5, 5.41) is 9.38. The lowest BCUT2D eigenvalue weighted by Crippen LogP contribution is -2.44. The van der Waals surface area contributed by atoms with Crippen LogP contribution >= 0.6 is 0 Å². The number of aliphatic hydroxyl groups is 1. The van der Waals surface area contributed by atoms with Crippen LogP contribution in [0, 0.1) is 5.92 Å². The average molecular weight is 233 g/mol. The highest BCUT2D eigenvalue weighted by Gasteiger charge is 2.40. The molecule has 1 unspecified atom stereocenters. The zero-order chi connectivity index (χ0) is 12.3. The van der Waals surface area contributed by atoms with Crippen molar-refractivity contribution in [3.63, 3.8) is 0 Å². The van der Waals surface area contributed by atoms with Gasteiger partial charge in [-0.05, 0) is 38.8 Å². The van der Waals surface area contributed by atoms with Gasteiger partial charge < -0.3 is 5.11 Å². The van der Waals surface area contributed by atoms with Crippen molar-refractivity contribution in [1.82, 2.24) is 4.90 Å². The second-order valence-corrected chi connectivity index (χ2v) is 5.54. The number of hydrogen-bond acceptors (Lipinski definition) is 2. The van der Waals surface area contributed by atoms with Crippen LogP contribution in [0.25, 0.3) is 0 Å². The number of benzene rings is 1. The van der Waals surface area contributed by atoms with Crippen LogP contribution in [0.5, 0.6) is 0 Å². The molecular formula is C15H23NO. The van der Waals surface area contributed by atoms with Gasteiger partial charge >= 0.3 is 0 Å². The van der Waals surface area contributed by atoms with E-state index in [1.54, 1.807) is 0 Å². The van der Waals surface area contributed by atoms with Gasteiger partial charge in [0.2, 0.25) is 0 Å². The third kappa shape index (κ3) is 2.70. The molecule has 1 saturated heterocycles. The second-order valence-electron chi connectivity index (χ2n) is 5.54. The standard InChI is InChI=1S/C15H23NO/c1-15(2)14(12-17)9-11-16(15)10-8-13-6-4-3-5-7-13/h3-7,14,17H,8-12H2,1-2H3. The molecule has 1 heterocycles. The molecule has 2 rings (SSSR count). The van der Waals surface area contributed by atoms with Crippen LogP contribution in [0.15, 0.2) is 30.3 Å². The lowest BCUT2D eigenvalue weighted by Gasteiger charge is -2.35. The molecule has 17 heavy (non-hydrogen) atoms. The predicted octanol–water partition coefficient (Wildman–Crippen LogP) is 2.32. The Kier molecular flexibility index (Phi) is 3.85. The van der Waals surface area contributed by atoms with Gasteiger partial charge in [0.25, 0.3) is 0 Å². The molecule has 1 N–H and O–H groups in total. The van der Waals surface area contributed by atoms with Crippen LogP contribution in [-0.4, -0.2) is 35.2 Å². The smallest absolute Gasteiger partial charge is 0.0477 e. The molecule has 1 aliphatic rings. The van der Waals surface area contributed by atoms with Gasteiger partial charge in [-0.3, -0.25) is 4.90 Å². The molecule has 1 aromatic rings. The van der Waals surface area contributed by atoms with Crippen molar-refractivity contribution in [3.8, 4) is 0 Å². The van der Waals surface area contributed by atoms with Crippen LogP contribution in [0.4, 0.5) is 0 Å². The first kappa shape index (κ1) is 12.6. The topological polar surface area (TPSA) is 23.5 Å². The number of nitrogens with zero attached hydrogens (tertiary/aromatic N) is 1. The van der Waals surface area contributed by atoms with Gasteiger partial charge in [-0.1, -0.05) is 30.3 Å². The molecule has 0 radical (unpaired) electrons. The zero-order valence-electron chi connectivity index (χ0n) is 10.9. The van der Waals surface area contributed by atoms with Crippen molar-refractivity contribution in [2.24, 2.45) is 5.92 Å². The Morgan fingerprint density at radius 1 is 1.29 bits per heavy atom. The Balaban J connectivity index is 1.92. The molecule has 0 spiro atoms. The van der Waals surface area contributed by atoms with Crippen LogP contribution in [0.2, 0.25) is 0 Å². The predicted molar refractivity (Wildman–Crippen MR) is 71.0 cm³/mol. The monoisotopic (exact) mass is 233 g/mol. The molecule has 1 atom stereocenters. The molecule has 0 aromatic heterocycles. The van der Waals surface area contributed by atoms with Crippen molar-refractivity contribution in [3.05, 3.63) is 35.9 Å². The van der Waals surface area contributed by atoms with Crippen molar-refractivity contribution in [2.45, 2.75) is 32.2 Å². The van der Waals surface area contributed by atoms with Gasteiger partial charge in [0.15, 0.2) is 0 Å². The number of aliphatic hydroxyl groups excluding tert-OH is 1. The molecule has 1 aromatic carbocycles. The highest BCUT2D eigenvalue weighted by Crippen LogP contribution is 2.33. The summed E-state index contributed by atoms with van der Waals surface area (Å²) in [5.41, 5.74) is 1.54. The van der Waals surface area contributed by atoms with E-state index in [0.717, 1.165) is 25.9 Å². The summed E-state index contributed by atoms with van der Waals surface area (Å²) in [5.74, 6) is 0.429. The Bertz CT molecular complexity index is 347. The fourth-order valence-corrected chi connectivity index (χ4v) is 2.83. The first-order valence-electron chi connectivity index (χ1n) is 6.54. The van der Waals surface area contributed by atoms with E-state index in [9.17, 15) is 5.11 Å². The Hall–Kier alpha value is -0.860. The maximum Gasteiger partial charge on any atom is 0.0477 e. The van der Waals surface area contributed by atoms with E-state index < -0.39 is 0 Å². The zero-order valence-corrected chi connectivity index (χ0v) is 10.9. The summed E-state index contributed by atoms with van der Waals surface area (Å²) in [6.07, 6.45) is 2.22. The van der Waals surface area contributed by atoms with E-state index in [1.807, 2.05) is 0 Å². The SMILES string of the molecule is CC1(C)C(CO)CCN1CCc1ccccc1. The van der Waals surface area contributed by atoms with Gasteiger partial charge in [0.05, 0.1) is 0 Å². The van der Waals surface area contributed by atoms with Gasteiger partial charge in [-0.15, -0.1) is 0 Å². The summed E-state index contributed by atoms with van der Waals surface area (Å²) in [6.45, 7) is 7.03. The number of likely N-dealkylation sites (tertiary alicyclic amines) is 1. The lowest BCUT2D eigenvalue weighted by atomic mass is 9.89. The van der Waals surface area contributed by atoms with Gasteiger partial charge in [-0.25, -0.2) is 0 Å². The summed E-state index contributed by atoms with van der Waals surface area (Å²) in [7, 11) is 0. The molecule has 94 valence electrons. The van der Waals surface area contributed by atoms with Crippen LogP contribution in [0.3, 0.4) is 0 Å². The molecule has 2 heteroatoms. The lowest BCUT2D eigenvalue weighted by molar-refractivity contribution is 0.101. The molecular weight excluding hydrogens is 210 g/mol. The maximum absolute atomic E-state index is 9.38. The maximum atomic E-state index is 9.38. The first-order valence-corrected chi connectivity index (χ1v) is 6.54. The summed E-state index contributed by atoms with van der Waals surface area (Å²) < 4.78 is 0. The average Bonchev–Trinajstić information content (AvgIpc) is 2.62. The Labute approximate surface area is 104 Å². The quantitative estimate of drug-likeness (QED) is 0.862. The van der Waals surface area contributed by atoms with E-state index in [1.165, 1.54) is 5.56 Å². The highest BCUT2D eigenvalue weighted by atomic mass is 16.3. The molecule has 0 saturated carbocycles. The fraction of sp³-hybridized carbons (Fsp3) is 0.600. The minimum atomic E-state index is 0.142. The minimum absolute atomic E-state index is 0.142. The largest absolute Gasteiger partial charge is 0.396 e. The molecule has 1 fully saturated rings. The van der Waals surface area contributed by atoms with Gasteiger partial charge in [0, 0.05) is 24.6 Å². The van der Waals surface area contributed by atoms with E-state index in [-0.39, 0.29) is 5.54 Å². The molecule has 1 aliphatic heterocycles. The summed E-state index contributed by atoms with van der Waals surface area (Å²) in [6, 6.07) is 10.6. The normalized spacial score (nSPS) is 24.1. The van der Waals surface area contributed by atoms with Crippen molar-refractivity contribution < 1.29 is 5.11 Å². The molecule has 0 bridgehead atoms. The highest BCUT2D eigenvalue weighted by molar-refractivity contribution is 5.15. The second kappa shape index (κ2) is 5.19. The van der Waals surface area contributed by atoms with Crippen LogP contribution in [0.1, 0.15) is 25.8 Å². The van der Waals surface area contributed by atoms with Crippen molar-refractivity contribution in [1.29, 1.82) is 0 Å². The van der Waals surface area contributed by atoms with E-state index in [4.69, 9.17) is 0 Å². The molecule has 0 amide bonds.